The number of nitrogens with zero attached hydrogens (tertiary/aromatic N) is 1. The minimum Gasteiger partial charge on any atom is -0.309 e. The molecule has 100 valence electrons. The van der Waals surface area contributed by atoms with Gasteiger partial charge in [0.15, 0.2) is 0 Å². The van der Waals surface area contributed by atoms with Crippen LogP contribution in [0.5, 0.6) is 0 Å². The number of thiazole rings is 1. The second kappa shape index (κ2) is 5.39. The number of aryl methyl sites for hydroxylation is 1. The summed E-state index contributed by atoms with van der Waals surface area (Å²) in [5.41, 5.74) is 2.06. The van der Waals surface area contributed by atoms with Crippen molar-refractivity contribution in [1.82, 2.24) is 10.3 Å². The predicted molar refractivity (Wildman–Crippen MR) is 76.9 cm³/mol. The summed E-state index contributed by atoms with van der Waals surface area (Å²) >= 11 is 1.71. The number of fused-ring (bicyclic) bond motifs is 1. The van der Waals surface area contributed by atoms with E-state index < -0.39 is 0 Å². The Morgan fingerprint density at radius 2 is 2.37 bits per heavy atom. The molecule has 3 rings (SSSR count). The van der Waals surface area contributed by atoms with Gasteiger partial charge in [-0.25, -0.2) is 9.37 Å². The van der Waals surface area contributed by atoms with E-state index in [1.54, 1.807) is 23.5 Å². The average Bonchev–Trinajstić information content (AvgIpc) is 2.84. The molecule has 1 aliphatic rings. The lowest BCUT2D eigenvalue weighted by molar-refractivity contribution is 0.465. The Kier molecular flexibility index (Phi) is 3.62. The third-order valence-electron chi connectivity index (χ3n) is 3.48. The van der Waals surface area contributed by atoms with Crippen LogP contribution < -0.4 is 5.32 Å². The highest BCUT2D eigenvalue weighted by Crippen LogP contribution is 2.37. The maximum atomic E-state index is 13.3. The van der Waals surface area contributed by atoms with Crippen LogP contribution in [0.3, 0.4) is 0 Å². The molecule has 0 bridgehead atoms. The maximum absolute atomic E-state index is 13.3. The van der Waals surface area contributed by atoms with Crippen LogP contribution in [0.2, 0.25) is 0 Å². The fraction of sp³-hybridized carbons (Fsp3) is 0.400. The molecule has 0 fully saturated rings. The van der Waals surface area contributed by atoms with Gasteiger partial charge in [0.2, 0.25) is 0 Å². The van der Waals surface area contributed by atoms with Gasteiger partial charge in [-0.3, -0.25) is 0 Å². The van der Waals surface area contributed by atoms with Crippen molar-refractivity contribution < 1.29 is 4.39 Å². The van der Waals surface area contributed by atoms with Gasteiger partial charge < -0.3 is 5.32 Å². The number of rotatable bonds is 3. The van der Waals surface area contributed by atoms with Crippen molar-refractivity contribution in [2.24, 2.45) is 0 Å². The van der Waals surface area contributed by atoms with Crippen LogP contribution >= 0.6 is 11.3 Å². The molecule has 0 aliphatic heterocycles. The minimum atomic E-state index is -0.200. The first kappa shape index (κ1) is 12.8. The van der Waals surface area contributed by atoms with Gasteiger partial charge in [-0.2, -0.15) is 0 Å². The molecule has 1 unspecified atom stereocenters. The first-order valence-electron chi connectivity index (χ1n) is 6.77. The van der Waals surface area contributed by atoms with Crippen molar-refractivity contribution in [2.45, 2.75) is 32.2 Å². The smallest absolute Gasteiger partial charge is 0.124 e. The van der Waals surface area contributed by atoms with Gasteiger partial charge in [-0.05, 0) is 37.9 Å². The van der Waals surface area contributed by atoms with Crippen LogP contribution in [0, 0.1) is 5.82 Å². The minimum absolute atomic E-state index is 0.200. The van der Waals surface area contributed by atoms with E-state index in [1.807, 2.05) is 6.07 Å². The van der Waals surface area contributed by atoms with Gasteiger partial charge in [0.1, 0.15) is 10.8 Å². The van der Waals surface area contributed by atoms with Crippen LogP contribution in [0.25, 0.3) is 10.6 Å². The first-order chi connectivity index (χ1) is 9.28. The average molecular weight is 276 g/mol. The zero-order valence-corrected chi connectivity index (χ0v) is 11.8. The van der Waals surface area contributed by atoms with Crippen molar-refractivity contribution in [1.29, 1.82) is 0 Å². The maximum Gasteiger partial charge on any atom is 0.124 e. The van der Waals surface area contributed by atoms with E-state index >= 15 is 0 Å². The Labute approximate surface area is 116 Å². The summed E-state index contributed by atoms with van der Waals surface area (Å²) in [6, 6.07) is 7.07. The van der Waals surface area contributed by atoms with Crippen LogP contribution in [-0.4, -0.2) is 11.5 Å². The van der Waals surface area contributed by atoms with E-state index in [2.05, 4.69) is 12.2 Å². The van der Waals surface area contributed by atoms with Gasteiger partial charge >= 0.3 is 0 Å². The Morgan fingerprint density at radius 3 is 3.16 bits per heavy atom. The molecule has 1 N–H and O–H groups in total. The van der Waals surface area contributed by atoms with Crippen molar-refractivity contribution in [3.05, 3.63) is 40.7 Å². The fourth-order valence-electron chi connectivity index (χ4n) is 2.61. The summed E-state index contributed by atoms with van der Waals surface area (Å²) in [5, 5.41) is 4.43. The highest BCUT2D eigenvalue weighted by Gasteiger charge is 2.24. The molecule has 2 aromatic rings. The highest BCUT2D eigenvalue weighted by molar-refractivity contribution is 7.15. The van der Waals surface area contributed by atoms with Crippen LogP contribution in [0.4, 0.5) is 4.39 Å². The molecule has 19 heavy (non-hydrogen) atoms. The molecule has 0 radical (unpaired) electrons. The topological polar surface area (TPSA) is 24.9 Å². The Morgan fingerprint density at radius 1 is 1.47 bits per heavy atom. The molecule has 0 amide bonds. The second-order valence-electron chi connectivity index (χ2n) is 4.84. The van der Waals surface area contributed by atoms with Gasteiger partial charge in [-0.1, -0.05) is 19.1 Å². The second-order valence-corrected chi connectivity index (χ2v) is 5.92. The lowest BCUT2D eigenvalue weighted by Gasteiger charge is -2.21. The molecule has 0 saturated carbocycles. The lowest BCUT2D eigenvalue weighted by atomic mass is 9.98. The predicted octanol–water partition coefficient (Wildman–Crippen LogP) is 3.94. The van der Waals surface area contributed by atoms with Gasteiger partial charge in [0, 0.05) is 10.4 Å². The van der Waals surface area contributed by atoms with Gasteiger partial charge in [0.05, 0.1) is 11.7 Å². The van der Waals surface area contributed by atoms with E-state index in [-0.39, 0.29) is 5.82 Å². The van der Waals surface area contributed by atoms with E-state index in [4.69, 9.17) is 4.98 Å². The molecule has 2 nitrogen and oxygen atoms in total. The first-order valence-corrected chi connectivity index (χ1v) is 7.58. The molecule has 1 aliphatic carbocycles. The third kappa shape index (κ3) is 2.55. The fourth-order valence-corrected chi connectivity index (χ4v) is 3.77. The molecule has 0 saturated heterocycles. The zero-order valence-electron chi connectivity index (χ0n) is 10.9. The molecule has 1 atom stereocenters. The highest BCUT2D eigenvalue weighted by atomic mass is 32.1. The van der Waals surface area contributed by atoms with E-state index in [9.17, 15) is 4.39 Å². The van der Waals surface area contributed by atoms with Crippen LogP contribution in [-0.2, 0) is 6.42 Å². The van der Waals surface area contributed by atoms with E-state index in [0.717, 1.165) is 30.0 Å². The van der Waals surface area contributed by atoms with Crippen molar-refractivity contribution in [3.8, 4) is 10.6 Å². The van der Waals surface area contributed by atoms with Crippen molar-refractivity contribution >= 4 is 11.3 Å². The molecule has 1 heterocycles. The number of aromatic nitrogens is 1. The SMILES string of the molecule is CCNC1CCCc2sc(-c3cccc(F)c3)nc21. The van der Waals surface area contributed by atoms with E-state index in [1.165, 1.54) is 23.1 Å². The summed E-state index contributed by atoms with van der Waals surface area (Å²) in [7, 11) is 0. The Balaban J connectivity index is 1.97. The number of halogens is 1. The Hall–Kier alpha value is -1.26. The Bertz CT molecular complexity index is 579. The standard InChI is InChI=1S/C15H17FN2S/c1-2-17-12-7-4-8-13-14(12)18-15(19-13)10-5-3-6-11(16)9-10/h3,5-6,9,12,17H,2,4,7-8H2,1H3. The number of hydrogen-bond donors (Lipinski definition) is 1. The summed E-state index contributed by atoms with van der Waals surface area (Å²) in [6.07, 6.45) is 3.45. The zero-order chi connectivity index (χ0) is 13.2. The summed E-state index contributed by atoms with van der Waals surface area (Å²) < 4.78 is 13.3. The number of nitrogens with one attached hydrogen (secondary N) is 1. The molecule has 1 aromatic heterocycles. The van der Waals surface area contributed by atoms with Crippen molar-refractivity contribution in [2.75, 3.05) is 6.54 Å². The number of benzene rings is 1. The number of hydrogen-bond acceptors (Lipinski definition) is 3. The largest absolute Gasteiger partial charge is 0.309 e. The normalized spacial score (nSPS) is 18.3. The molecular weight excluding hydrogens is 259 g/mol. The van der Waals surface area contributed by atoms with Crippen LogP contribution in [0.1, 0.15) is 36.4 Å². The summed E-state index contributed by atoms with van der Waals surface area (Å²) in [4.78, 5) is 6.11. The molecule has 4 heteroatoms. The molecular formula is C15H17FN2S. The van der Waals surface area contributed by atoms with E-state index in [0.29, 0.717) is 6.04 Å². The van der Waals surface area contributed by atoms with Crippen molar-refractivity contribution in [3.63, 3.8) is 0 Å². The summed E-state index contributed by atoms with van der Waals surface area (Å²) in [6.45, 7) is 3.07. The monoisotopic (exact) mass is 276 g/mol. The quantitative estimate of drug-likeness (QED) is 0.918. The molecule has 0 spiro atoms. The molecule has 1 aromatic carbocycles. The van der Waals surface area contributed by atoms with Gasteiger partial charge in [0.25, 0.3) is 0 Å². The van der Waals surface area contributed by atoms with Crippen LogP contribution in [0.15, 0.2) is 24.3 Å². The van der Waals surface area contributed by atoms with Gasteiger partial charge in [-0.15, -0.1) is 11.3 Å². The third-order valence-corrected chi connectivity index (χ3v) is 4.66. The summed E-state index contributed by atoms with van der Waals surface area (Å²) in [5.74, 6) is -0.200. The lowest BCUT2D eigenvalue weighted by Crippen LogP contribution is -2.24.